The number of nitrogens with zero attached hydrogens (tertiary/aromatic N) is 1. The van der Waals surface area contributed by atoms with Crippen molar-refractivity contribution in [1.82, 2.24) is 5.32 Å². The maximum absolute atomic E-state index is 12.1. The molecule has 0 fully saturated rings. The highest BCUT2D eigenvalue weighted by molar-refractivity contribution is 7.85. The van der Waals surface area contributed by atoms with E-state index in [1.807, 2.05) is 0 Å². The van der Waals surface area contributed by atoms with Gasteiger partial charge in [-0.3, -0.25) is 29.4 Å². The summed E-state index contributed by atoms with van der Waals surface area (Å²) in [4.78, 5) is 27.7. The van der Waals surface area contributed by atoms with Crippen molar-refractivity contribution in [2.45, 2.75) is 0 Å². The zero-order chi connectivity index (χ0) is 27.7. The molecular formula is C16H20Cl2N6O8S3. The van der Waals surface area contributed by atoms with E-state index >= 15 is 0 Å². The molecule has 0 spiro atoms. The summed E-state index contributed by atoms with van der Waals surface area (Å²) in [7, 11) is -7.33. The van der Waals surface area contributed by atoms with Crippen LogP contribution in [0.1, 0.15) is 20.7 Å². The molecule has 1 aromatic heterocycles. The van der Waals surface area contributed by atoms with Crippen LogP contribution < -0.4 is 22.5 Å². The van der Waals surface area contributed by atoms with Gasteiger partial charge in [0, 0.05) is 16.7 Å². The fourth-order valence-electron chi connectivity index (χ4n) is 1.95. The van der Waals surface area contributed by atoms with E-state index in [-0.39, 0.29) is 11.1 Å². The largest absolute Gasteiger partial charge is 0.370 e. The number of carbonyl (C=O) groups is 2. The predicted molar refractivity (Wildman–Crippen MR) is 134 cm³/mol. The number of benzene rings is 1. The number of halogens is 2. The van der Waals surface area contributed by atoms with E-state index in [1.165, 1.54) is 18.2 Å². The molecule has 0 unspecified atom stereocenters. The molecule has 1 aromatic carbocycles. The lowest BCUT2D eigenvalue weighted by molar-refractivity contribution is 0.0976. The van der Waals surface area contributed by atoms with Crippen molar-refractivity contribution in [3.05, 3.63) is 44.1 Å². The fraction of sp³-hybridized carbons (Fsp3) is 0.125. The van der Waals surface area contributed by atoms with Gasteiger partial charge in [0.15, 0.2) is 11.9 Å². The third-order valence-electron chi connectivity index (χ3n) is 2.89. The molecule has 0 atom stereocenters. The van der Waals surface area contributed by atoms with E-state index in [0.29, 0.717) is 32.3 Å². The van der Waals surface area contributed by atoms with Crippen LogP contribution in [-0.2, 0) is 20.2 Å². The lowest BCUT2D eigenvalue weighted by Gasteiger charge is -2.08. The number of hydrogen-bond donors (Lipinski definition) is 7. The van der Waals surface area contributed by atoms with Gasteiger partial charge in [0.25, 0.3) is 32.1 Å². The maximum atomic E-state index is 12.1. The Morgan fingerprint density at radius 3 is 1.80 bits per heavy atom. The second kappa shape index (κ2) is 13.3. The molecule has 0 saturated carbocycles. The smallest absolute Gasteiger partial charge is 0.280 e. The Balaban J connectivity index is 0.000000975. The highest BCUT2D eigenvalue weighted by atomic mass is 35.5. The Bertz CT molecular complexity index is 1310. The van der Waals surface area contributed by atoms with Gasteiger partial charge in [-0.2, -0.15) is 21.8 Å². The van der Waals surface area contributed by atoms with Gasteiger partial charge in [-0.1, -0.05) is 23.2 Å². The molecule has 2 rings (SSSR count). The van der Waals surface area contributed by atoms with E-state index in [1.54, 1.807) is 6.07 Å². The van der Waals surface area contributed by atoms with Crippen LogP contribution in [0.2, 0.25) is 8.67 Å². The molecule has 0 radical (unpaired) electrons. The van der Waals surface area contributed by atoms with Crippen molar-refractivity contribution in [2.75, 3.05) is 12.5 Å². The molecule has 14 nitrogen and oxygen atoms in total. The summed E-state index contributed by atoms with van der Waals surface area (Å²) in [6.07, 6.45) is 1.43. The van der Waals surface area contributed by atoms with Gasteiger partial charge in [0.1, 0.15) is 4.34 Å². The molecular weight excluding hydrogens is 571 g/mol. The minimum atomic E-state index is -3.67. The van der Waals surface area contributed by atoms with E-state index < -0.39 is 44.0 Å². The van der Waals surface area contributed by atoms with Crippen LogP contribution in [0.5, 0.6) is 0 Å². The number of nitrogens with one attached hydrogen (secondary N) is 2. The second-order valence-corrected chi connectivity index (χ2v) is 11.4. The Morgan fingerprint density at radius 1 is 0.971 bits per heavy atom. The number of guanidine groups is 2. The zero-order valence-corrected chi connectivity index (χ0v) is 21.8. The van der Waals surface area contributed by atoms with Crippen LogP contribution >= 0.6 is 34.5 Å². The summed E-state index contributed by atoms with van der Waals surface area (Å²) in [5.41, 5.74) is 16.7. The Hall–Kier alpha value is -2.80. The van der Waals surface area contributed by atoms with Crippen LogP contribution in [0, 0.1) is 5.41 Å². The summed E-state index contributed by atoms with van der Waals surface area (Å²) >= 11 is 13.2. The van der Waals surface area contributed by atoms with Crippen molar-refractivity contribution >= 4 is 78.5 Å². The molecule has 1 heterocycles. The first-order valence-electron chi connectivity index (χ1n) is 8.42. The van der Waals surface area contributed by atoms with Gasteiger partial charge in [-0.15, -0.1) is 11.3 Å². The van der Waals surface area contributed by atoms with Crippen LogP contribution in [0.3, 0.4) is 0 Å². The minimum Gasteiger partial charge on any atom is -0.370 e. The third-order valence-corrected chi connectivity index (χ3v) is 4.38. The molecule has 2 amide bonds. The van der Waals surface area contributed by atoms with E-state index in [0.717, 1.165) is 11.3 Å². The van der Waals surface area contributed by atoms with Gasteiger partial charge in [-0.25, -0.2) is 0 Å². The van der Waals surface area contributed by atoms with E-state index in [2.05, 4.69) is 10.3 Å². The molecule has 0 aliphatic heterocycles. The van der Waals surface area contributed by atoms with Gasteiger partial charge >= 0.3 is 0 Å². The fourth-order valence-corrected chi connectivity index (χ4v) is 3.46. The maximum Gasteiger partial charge on any atom is 0.280 e. The molecule has 2 aromatic rings. The van der Waals surface area contributed by atoms with E-state index in [9.17, 15) is 26.4 Å². The van der Waals surface area contributed by atoms with Crippen LogP contribution in [0.25, 0.3) is 11.1 Å². The molecule has 0 bridgehead atoms. The van der Waals surface area contributed by atoms with Crippen LogP contribution in [0.4, 0.5) is 0 Å². The summed E-state index contributed by atoms with van der Waals surface area (Å²) in [5.74, 6) is -2.37. The zero-order valence-electron chi connectivity index (χ0n) is 17.8. The Kier molecular flexibility index (Phi) is 12.3. The quantitative estimate of drug-likeness (QED) is 0.149. The third kappa shape index (κ3) is 15.7. The van der Waals surface area contributed by atoms with Gasteiger partial charge in [0.2, 0.25) is 0 Å². The molecule has 0 saturated heterocycles. The number of aliphatic imine (C=N–C) groups is 1. The highest BCUT2D eigenvalue weighted by Gasteiger charge is 2.17. The molecule has 0 aliphatic rings. The standard InChI is InChI=1S/C14H12Cl2N6O2S.2CH4O3S/c15-9-4-8(10(16)25-9)5-1-6(11(23)21-13(17)18)3-7(2-5)12(24)22-14(19)20;2*1-5(2,3)4/h1-4H,(H4,17,18,21,23)(H4,19,20,22,24);2*1H3,(H,2,3,4). The van der Waals surface area contributed by atoms with Crippen molar-refractivity contribution in [3.8, 4) is 11.1 Å². The van der Waals surface area contributed by atoms with Crippen LogP contribution in [0.15, 0.2) is 29.3 Å². The van der Waals surface area contributed by atoms with Gasteiger partial charge in [-0.05, 0) is 29.8 Å². The molecule has 10 N–H and O–H groups in total. The summed E-state index contributed by atoms with van der Waals surface area (Å²) in [6, 6.07) is 5.84. The van der Waals surface area contributed by atoms with Crippen molar-refractivity contribution < 1.29 is 35.5 Å². The van der Waals surface area contributed by atoms with Gasteiger partial charge in [0.05, 0.1) is 16.8 Å². The first kappa shape index (κ1) is 32.2. The van der Waals surface area contributed by atoms with Crippen molar-refractivity contribution in [2.24, 2.45) is 22.2 Å². The summed E-state index contributed by atoms with van der Waals surface area (Å²) in [6.45, 7) is 0. The van der Waals surface area contributed by atoms with Crippen molar-refractivity contribution in [1.29, 1.82) is 5.41 Å². The topological polar surface area (TPSA) is 269 Å². The lowest BCUT2D eigenvalue weighted by atomic mass is 10.0. The second-order valence-electron chi connectivity index (χ2n) is 6.21. The number of nitrogens with two attached hydrogens (primary N) is 3. The van der Waals surface area contributed by atoms with Crippen molar-refractivity contribution in [3.63, 3.8) is 0 Å². The first-order chi connectivity index (χ1) is 15.7. The normalized spacial score (nSPS) is 10.6. The monoisotopic (exact) mass is 590 g/mol. The molecule has 0 aliphatic carbocycles. The predicted octanol–water partition coefficient (Wildman–Crippen LogP) is 0.767. The SMILES string of the molecule is CS(=O)(=O)O.CS(=O)(=O)O.N=C(N)NC(=O)c1cc(C(=O)N=C(N)N)cc(-c2cc(Cl)sc2Cl)c1. The van der Waals surface area contributed by atoms with E-state index in [4.69, 9.17) is 54.9 Å². The Labute approximate surface area is 214 Å². The molecule has 19 heteroatoms. The van der Waals surface area contributed by atoms with Crippen LogP contribution in [-0.4, -0.2) is 62.2 Å². The first-order valence-corrected chi connectivity index (χ1v) is 13.7. The minimum absolute atomic E-state index is 0.0537. The molecule has 35 heavy (non-hydrogen) atoms. The summed E-state index contributed by atoms with van der Waals surface area (Å²) in [5, 5.41) is 9.28. The molecule has 194 valence electrons. The highest BCUT2D eigenvalue weighted by Crippen LogP contribution is 2.38. The average molecular weight is 591 g/mol. The lowest BCUT2D eigenvalue weighted by Crippen LogP contribution is -2.35. The number of hydrogen-bond acceptors (Lipinski definition) is 8. The number of rotatable bonds is 3. The number of carbonyl (C=O) groups excluding carboxylic acids is 2. The van der Waals surface area contributed by atoms with Gasteiger partial charge < -0.3 is 17.2 Å². The summed E-state index contributed by atoms with van der Waals surface area (Å²) < 4.78 is 52.6. The number of thiophene rings is 1. The Morgan fingerprint density at radius 2 is 1.43 bits per heavy atom. The number of amides is 2. The average Bonchev–Trinajstić information content (AvgIpc) is 2.95.